The van der Waals surface area contributed by atoms with Gasteiger partial charge in [-0.1, -0.05) is 51.9 Å². The summed E-state index contributed by atoms with van der Waals surface area (Å²) >= 11 is 0. The highest BCUT2D eigenvalue weighted by Gasteiger charge is 2.21. The van der Waals surface area contributed by atoms with Gasteiger partial charge in [-0.3, -0.25) is 0 Å². The molecule has 0 aromatic rings. The Hall–Kier alpha value is -0.0800. The van der Waals surface area contributed by atoms with Gasteiger partial charge >= 0.3 is 0 Å². The van der Waals surface area contributed by atoms with Crippen molar-refractivity contribution in [3.05, 3.63) is 0 Å². The number of aliphatic hydroxyl groups excluding tert-OH is 1. The molecule has 2 heteroatoms. The molecule has 0 fully saturated rings. The van der Waals surface area contributed by atoms with E-state index in [1.165, 1.54) is 44.9 Å². The van der Waals surface area contributed by atoms with E-state index in [1.54, 1.807) is 0 Å². The van der Waals surface area contributed by atoms with Crippen molar-refractivity contribution in [1.29, 1.82) is 0 Å². The van der Waals surface area contributed by atoms with Crippen LogP contribution in [-0.2, 0) is 0 Å². The van der Waals surface area contributed by atoms with Gasteiger partial charge in [-0.25, -0.2) is 0 Å². The molecule has 0 saturated heterocycles. The smallest absolute Gasteiger partial charge is 0.0617 e. The van der Waals surface area contributed by atoms with Gasteiger partial charge in [0.05, 0.1) is 5.60 Å². The van der Waals surface area contributed by atoms with E-state index in [2.05, 4.69) is 6.92 Å². The van der Waals surface area contributed by atoms with E-state index in [-0.39, 0.29) is 0 Å². The van der Waals surface area contributed by atoms with Gasteiger partial charge in [-0.15, -0.1) is 0 Å². The zero-order valence-electron chi connectivity index (χ0n) is 12.0. The summed E-state index contributed by atoms with van der Waals surface area (Å²) in [5, 5.41) is 18.4. The fourth-order valence-corrected chi connectivity index (χ4v) is 1.98. The SMILES string of the molecule is CC(CCCCCCCCCCO)C(C)(C)O. The van der Waals surface area contributed by atoms with Crippen LogP contribution < -0.4 is 0 Å². The van der Waals surface area contributed by atoms with Gasteiger partial charge in [0.15, 0.2) is 0 Å². The molecule has 0 aromatic carbocycles. The van der Waals surface area contributed by atoms with Crippen LogP contribution in [0.25, 0.3) is 0 Å². The second-order valence-corrected chi connectivity index (χ2v) is 5.90. The van der Waals surface area contributed by atoms with E-state index in [9.17, 15) is 5.11 Å². The summed E-state index contributed by atoms with van der Waals surface area (Å²) in [4.78, 5) is 0. The van der Waals surface area contributed by atoms with Crippen LogP contribution in [0.2, 0.25) is 0 Å². The third kappa shape index (κ3) is 10.8. The maximum atomic E-state index is 9.79. The van der Waals surface area contributed by atoms with E-state index in [1.807, 2.05) is 13.8 Å². The number of rotatable bonds is 11. The Kier molecular flexibility index (Phi) is 9.85. The summed E-state index contributed by atoms with van der Waals surface area (Å²) in [6.45, 7) is 6.28. The number of hydrogen-bond acceptors (Lipinski definition) is 2. The molecule has 17 heavy (non-hydrogen) atoms. The van der Waals surface area contributed by atoms with Crippen molar-refractivity contribution in [2.45, 2.75) is 84.2 Å². The van der Waals surface area contributed by atoms with Crippen LogP contribution in [0.3, 0.4) is 0 Å². The number of unbranched alkanes of at least 4 members (excludes halogenated alkanes) is 7. The summed E-state index contributed by atoms with van der Waals surface area (Å²) in [7, 11) is 0. The van der Waals surface area contributed by atoms with Crippen molar-refractivity contribution in [2.24, 2.45) is 5.92 Å². The third-order valence-corrected chi connectivity index (χ3v) is 3.75. The predicted octanol–water partition coefficient (Wildman–Crippen LogP) is 3.90. The largest absolute Gasteiger partial charge is 0.396 e. The molecule has 1 atom stereocenters. The molecular formula is C15H32O2. The Morgan fingerprint density at radius 2 is 1.24 bits per heavy atom. The number of hydrogen-bond donors (Lipinski definition) is 2. The minimum atomic E-state index is -0.524. The van der Waals surface area contributed by atoms with Gasteiger partial charge in [-0.2, -0.15) is 0 Å². The maximum Gasteiger partial charge on any atom is 0.0617 e. The molecule has 0 saturated carbocycles. The lowest BCUT2D eigenvalue weighted by Crippen LogP contribution is -2.28. The van der Waals surface area contributed by atoms with Crippen LogP contribution in [0.1, 0.15) is 78.6 Å². The summed E-state index contributed by atoms with van der Waals surface area (Å²) in [6.07, 6.45) is 11.0. The Morgan fingerprint density at radius 3 is 1.65 bits per heavy atom. The first-order valence-corrected chi connectivity index (χ1v) is 7.31. The first-order chi connectivity index (χ1) is 7.98. The van der Waals surface area contributed by atoms with Crippen molar-refractivity contribution >= 4 is 0 Å². The highest BCUT2D eigenvalue weighted by Crippen LogP contribution is 2.22. The van der Waals surface area contributed by atoms with E-state index in [4.69, 9.17) is 5.11 Å². The molecule has 0 amide bonds. The van der Waals surface area contributed by atoms with Crippen molar-refractivity contribution in [2.75, 3.05) is 6.61 Å². The van der Waals surface area contributed by atoms with Crippen molar-refractivity contribution in [3.8, 4) is 0 Å². The molecule has 2 N–H and O–H groups in total. The van der Waals surface area contributed by atoms with Crippen molar-refractivity contribution in [3.63, 3.8) is 0 Å². The molecule has 0 radical (unpaired) electrons. The lowest BCUT2D eigenvalue weighted by atomic mass is 9.88. The Balaban J connectivity index is 3.19. The summed E-state index contributed by atoms with van der Waals surface area (Å²) < 4.78 is 0. The first kappa shape index (κ1) is 16.9. The summed E-state index contributed by atoms with van der Waals surface area (Å²) in [5.41, 5.74) is -0.524. The predicted molar refractivity (Wildman–Crippen MR) is 74.1 cm³/mol. The molecule has 0 aliphatic heterocycles. The molecule has 0 rings (SSSR count). The molecule has 0 aliphatic carbocycles. The van der Waals surface area contributed by atoms with Crippen molar-refractivity contribution < 1.29 is 10.2 Å². The third-order valence-electron chi connectivity index (χ3n) is 3.75. The second-order valence-electron chi connectivity index (χ2n) is 5.90. The Bertz CT molecular complexity index is 161. The van der Waals surface area contributed by atoms with Gasteiger partial charge in [0.2, 0.25) is 0 Å². The van der Waals surface area contributed by atoms with Crippen LogP contribution >= 0.6 is 0 Å². The monoisotopic (exact) mass is 244 g/mol. The van der Waals surface area contributed by atoms with E-state index < -0.39 is 5.60 Å². The highest BCUT2D eigenvalue weighted by atomic mass is 16.3. The summed E-state index contributed by atoms with van der Waals surface area (Å²) in [6, 6.07) is 0. The van der Waals surface area contributed by atoms with E-state index in [0.717, 1.165) is 12.8 Å². The molecule has 0 bridgehead atoms. The zero-order chi connectivity index (χ0) is 13.1. The zero-order valence-corrected chi connectivity index (χ0v) is 12.0. The van der Waals surface area contributed by atoms with Crippen LogP contribution in [0.5, 0.6) is 0 Å². The van der Waals surface area contributed by atoms with Gasteiger partial charge in [0.1, 0.15) is 0 Å². The topological polar surface area (TPSA) is 40.5 Å². The average molecular weight is 244 g/mol. The molecule has 0 heterocycles. The molecular weight excluding hydrogens is 212 g/mol. The van der Waals surface area contributed by atoms with Gasteiger partial charge < -0.3 is 10.2 Å². The molecule has 104 valence electrons. The maximum absolute atomic E-state index is 9.79. The van der Waals surface area contributed by atoms with Crippen LogP contribution in [0.15, 0.2) is 0 Å². The number of aliphatic hydroxyl groups is 2. The minimum absolute atomic E-state index is 0.342. The average Bonchev–Trinajstić information content (AvgIpc) is 2.25. The van der Waals surface area contributed by atoms with Crippen LogP contribution in [0.4, 0.5) is 0 Å². The molecule has 0 aromatic heterocycles. The fraction of sp³-hybridized carbons (Fsp3) is 1.00. The van der Waals surface area contributed by atoms with Crippen molar-refractivity contribution in [1.82, 2.24) is 0 Å². The quantitative estimate of drug-likeness (QED) is 0.541. The van der Waals surface area contributed by atoms with Gasteiger partial charge in [0.25, 0.3) is 0 Å². The van der Waals surface area contributed by atoms with Crippen LogP contribution in [-0.4, -0.2) is 22.4 Å². The van der Waals surface area contributed by atoms with Gasteiger partial charge in [-0.05, 0) is 32.6 Å². The minimum Gasteiger partial charge on any atom is -0.396 e. The van der Waals surface area contributed by atoms with E-state index >= 15 is 0 Å². The lowest BCUT2D eigenvalue weighted by molar-refractivity contribution is 0.0203. The lowest BCUT2D eigenvalue weighted by Gasteiger charge is -2.25. The molecule has 2 nitrogen and oxygen atoms in total. The Labute approximate surface area is 107 Å². The fourth-order valence-electron chi connectivity index (χ4n) is 1.98. The summed E-state index contributed by atoms with van der Waals surface area (Å²) in [5.74, 6) is 0.395. The highest BCUT2D eigenvalue weighted by molar-refractivity contribution is 4.72. The van der Waals surface area contributed by atoms with E-state index in [0.29, 0.717) is 12.5 Å². The standard InChI is InChI=1S/C15H32O2/c1-14(15(2,3)17)12-10-8-6-4-5-7-9-11-13-16/h14,16-17H,4-13H2,1-3H3. The molecule has 0 aliphatic rings. The Morgan fingerprint density at radius 1 is 0.824 bits per heavy atom. The second kappa shape index (κ2) is 9.90. The molecule has 0 spiro atoms. The first-order valence-electron chi connectivity index (χ1n) is 7.31. The molecule has 1 unspecified atom stereocenters. The van der Waals surface area contributed by atoms with Crippen LogP contribution in [0, 0.1) is 5.92 Å². The van der Waals surface area contributed by atoms with Gasteiger partial charge in [0, 0.05) is 6.61 Å². The normalized spacial score (nSPS) is 13.9.